The Kier molecular flexibility index (Phi) is 4.35. The number of hydrogen-bond acceptors (Lipinski definition) is 4. The third-order valence-electron chi connectivity index (χ3n) is 3.96. The largest absolute Gasteiger partial charge is 0.481 e. The maximum atomic E-state index is 12.0. The highest BCUT2D eigenvalue weighted by atomic mass is 16.7. The molecule has 0 radical (unpaired) electrons. The van der Waals surface area contributed by atoms with Gasteiger partial charge < -0.3 is 14.6 Å². The summed E-state index contributed by atoms with van der Waals surface area (Å²) in [6.45, 7) is 0. The average molecular weight is 256 g/mol. The number of Topliss-reactive ketones (excluding diaryl/α,β-unsaturated/α-hetero) is 1. The molecule has 0 aromatic carbocycles. The number of fused-ring (bicyclic) bond motifs is 2. The van der Waals surface area contributed by atoms with E-state index in [2.05, 4.69) is 0 Å². The molecular formula is C13H20O5. The lowest BCUT2D eigenvalue weighted by molar-refractivity contribution is -0.155. The first-order chi connectivity index (χ1) is 8.65. The van der Waals surface area contributed by atoms with Crippen LogP contribution in [0.4, 0.5) is 0 Å². The van der Waals surface area contributed by atoms with Crippen molar-refractivity contribution in [2.24, 2.45) is 11.8 Å². The summed E-state index contributed by atoms with van der Waals surface area (Å²) >= 11 is 0. The number of carbonyl (C=O) groups excluding carboxylic acids is 1. The van der Waals surface area contributed by atoms with Gasteiger partial charge in [0, 0.05) is 19.4 Å². The minimum atomic E-state index is -0.946. The molecule has 5 nitrogen and oxygen atoms in total. The molecule has 1 heterocycles. The second-order valence-corrected chi connectivity index (χ2v) is 5.11. The summed E-state index contributed by atoms with van der Waals surface area (Å²) in [6, 6.07) is 0. The van der Waals surface area contributed by atoms with E-state index in [9.17, 15) is 14.7 Å². The van der Waals surface area contributed by atoms with Gasteiger partial charge in [0.25, 0.3) is 0 Å². The number of carboxylic acid groups (broad SMARTS) is 1. The Morgan fingerprint density at radius 1 is 1.33 bits per heavy atom. The number of hydrogen-bond donors (Lipinski definition) is 1. The lowest BCUT2D eigenvalue weighted by Crippen LogP contribution is -2.35. The third-order valence-corrected chi connectivity index (χ3v) is 3.96. The van der Waals surface area contributed by atoms with E-state index in [-0.39, 0.29) is 11.7 Å². The molecule has 0 spiro atoms. The molecular weight excluding hydrogens is 236 g/mol. The van der Waals surface area contributed by atoms with Gasteiger partial charge in [0.1, 0.15) is 6.10 Å². The van der Waals surface area contributed by atoms with Crippen molar-refractivity contribution in [3.63, 3.8) is 0 Å². The van der Waals surface area contributed by atoms with Gasteiger partial charge >= 0.3 is 5.97 Å². The molecule has 18 heavy (non-hydrogen) atoms. The Morgan fingerprint density at radius 2 is 2.06 bits per heavy atom. The van der Waals surface area contributed by atoms with Crippen molar-refractivity contribution in [1.82, 2.24) is 0 Å². The van der Waals surface area contributed by atoms with Crippen molar-refractivity contribution in [2.45, 2.75) is 50.9 Å². The fourth-order valence-corrected chi connectivity index (χ4v) is 3.03. The SMILES string of the molecule is CO[C@H]1O[C@@H]2C(=O)CCCCCC[C@H]1[C@@H]2C(=O)O. The Labute approximate surface area is 106 Å². The third kappa shape index (κ3) is 2.57. The van der Waals surface area contributed by atoms with Gasteiger partial charge in [-0.1, -0.05) is 19.3 Å². The van der Waals surface area contributed by atoms with Crippen LogP contribution in [0.15, 0.2) is 0 Å². The van der Waals surface area contributed by atoms with Gasteiger partial charge in [-0.2, -0.15) is 0 Å². The molecule has 0 aromatic rings. The van der Waals surface area contributed by atoms with Crippen LogP contribution in [0.1, 0.15) is 38.5 Å². The minimum absolute atomic E-state index is 0.0890. The molecule has 0 aromatic heterocycles. The molecule has 0 amide bonds. The Bertz CT molecular complexity index is 327. The van der Waals surface area contributed by atoms with Crippen LogP contribution in [0.2, 0.25) is 0 Å². The summed E-state index contributed by atoms with van der Waals surface area (Å²) in [7, 11) is 1.50. The first-order valence-electron chi connectivity index (χ1n) is 6.59. The number of carboxylic acids is 1. The molecule has 2 rings (SSSR count). The summed E-state index contributed by atoms with van der Waals surface area (Å²) in [5, 5.41) is 9.34. The van der Waals surface area contributed by atoms with Crippen molar-refractivity contribution in [1.29, 1.82) is 0 Å². The van der Waals surface area contributed by atoms with E-state index in [4.69, 9.17) is 9.47 Å². The summed E-state index contributed by atoms with van der Waals surface area (Å²) in [6.07, 6.45) is 3.65. The summed E-state index contributed by atoms with van der Waals surface area (Å²) < 4.78 is 10.7. The second-order valence-electron chi connectivity index (χ2n) is 5.11. The van der Waals surface area contributed by atoms with Crippen molar-refractivity contribution in [2.75, 3.05) is 7.11 Å². The predicted molar refractivity (Wildman–Crippen MR) is 63.0 cm³/mol. The van der Waals surface area contributed by atoms with Gasteiger partial charge in [-0.15, -0.1) is 0 Å². The first-order valence-corrected chi connectivity index (χ1v) is 6.59. The second kappa shape index (κ2) is 5.80. The van der Waals surface area contributed by atoms with Crippen LogP contribution in [0.25, 0.3) is 0 Å². The standard InChI is InChI=1S/C13H20O5/c1-17-13-8-6-4-2-3-5-7-9(14)11(18-13)10(8)12(15)16/h8,10-11,13H,2-7H2,1H3,(H,15,16)/t8-,10-,11+,13-/m0/s1. The summed E-state index contributed by atoms with van der Waals surface area (Å²) in [5.74, 6) is -1.99. The number of rotatable bonds is 2. The Morgan fingerprint density at radius 3 is 2.72 bits per heavy atom. The van der Waals surface area contributed by atoms with Crippen molar-refractivity contribution in [3.05, 3.63) is 0 Å². The average Bonchev–Trinajstić information content (AvgIpc) is 2.70. The molecule has 0 unspecified atom stereocenters. The molecule has 1 saturated carbocycles. The monoisotopic (exact) mass is 256 g/mol. The van der Waals surface area contributed by atoms with Gasteiger partial charge in [0.15, 0.2) is 12.1 Å². The van der Waals surface area contributed by atoms with Crippen molar-refractivity contribution >= 4 is 11.8 Å². The highest BCUT2D eigenvalue weighted by Gasteiger charge is 2.51. The zero-order valence-electron chi connectivity index (χ0n) is 10.6. The number of aliphatic carboxylic acids is 1. The fraction of sp³-hybridized carbons (Fsp3) is 0.846. The molecule has 2 aliphatic rings. The molecule has 1 saturated heterocycles. The number of ether oxygens (including phenoxy) is 2. The van der Waals surface area contributed by atoms with E-state index in [0.717, 1.165) is 32.1 Å². The Hall–Kier alpha value is -0.940. The lowest BCUT2D eigenvalue weighted by atomic mass is 9.82. The Balaban J connectivity index is 2.24. The fourth-order valence-electron chi connectivity index (χ4n) is 3.03. The quantitative estimate of drug-likeness (QED) is 0.812. The van der Waals surface area contributed by atoms with Crippen LogP contribution in [-0.2, 0) is 19.1 Å². The molecule has 5 heteroatoms. The predicted octanol–water partition coefficient (Wildman–Crippen LogP) is 1.60. The zero-order chi connectivity index (χ0) is 13.1. The minimum Gasteiger partial charge on any atom is -0.481 e. The molecule has 102 valence electrons. The normalized spacial score (nSPS) is 37.5. The van der Waals surface area contributed by atoms with Crippen LogP contribution in [0.5, 0.6) is 0 Å². The zero-order valence-corrected chi connectivity index (χ0v) is 10.6. The molecule has 1 aliphatic heterocycles. The van der Waals surface area contributed by atoms with Crippen molar-refractivity contribution in [3.8, 4) is 0 Å². The number of ketones is 1. The molecule has 1 N–H and O–H groups in total. The maximum Gasteiger partial charge on any atom is 0.310 e. The summed E-state index contributed by atoms with van der Waals surface area (Å²) in [5.41, 5.74) is 0. The molecule has 1 aliphatic carbocycles. The highest BCUT2D eigenvalue weighted by Crippen LogP contribution is 2.38. The van der Waals surface area contributed by atoms with Crippen LogP contribution in [0, 0.1) is 11.8 Å². The topological polar surface area (TPSA) is 72.8 Å². The smallest absolute Gasteiger partial charge is 0.310 e. The van der Waals surface area contributed by atoms with E-state index in [1.807, 2.05) is 0 Å². The summed E-state index contributed by atoms with van der Waals surface area (Å²) in [4.78, 5) is 23.4. The van der Waals surface area contributed by atoms with Gasteiger partial charge in [-0.05, 0) is 12.8 Å². The van der Waals surface area contributed by atoms with Gasteiger partial charge in [-0.25, -0.2) is 0 Å². The van der Waals surface area contributed by atoms with E-state index in [1.165, 1.54) is 7.11 Å². The van der Waals surface area contributed by atoms with Gasteiger partial charge in [0.2, 0.25) is 0 Å². The van der Waals surface area contributed by atoms with Crippen LogP contribution in [0.3, 0.4) is 0 Å². The highest BCUT2D eigenvalue weighted by molar-refractivity contribution is 5.89. The first kappa shape index (κ1) is 13.5. The van der Waals surface area contributed by atoms with Crippen molar-refractivity contribution < 1.29 is 24.2 Å². The van der Waals surface area contributed by atoms with E-state index >= 15 is 0 Å². The number of methoxy groups -OCH3 is 1. The molecule has 4 atom stereocenters. The number of carbonyl (C=O) groups is 2. The van der Waals surface area contributed by atoms with Crippen LogP contribution in [-0.4, -0.2) is 36.4 Å². The lowest BCUT2D eigenvalue weighted by Gasteiger charge is -2.20. The van der Waals surface area contributed by atoms with E-state index in [1.54, 1.807) is 0 Å². The van der Waals surface area contributed by atoms with Crippen LogP contribution >= 0.6 is 0 Å². The van der Waals surface area contributed by atoms with Crippen LogP contribution < -0.4 is 0 Å². The van der Waals surface area contributed by atoms with Gasteiger partial charge in [0.05, 0.1) is 5.92 Å². The molecule has 2 fully saturated rings. The molecule has 2 bridgehead atoms. The van der Waals surface area contributed by atoms with E-state index in [0.29, 0.717) is 6.42 Å². The van der Waals surface area contributed by atoms with Gasteiger partial charge in [-0.3, -0.25) is 9.59 Å². The maximum absolute atomic E-state index is 12.0. The van der Waals surface area contributed by atoms with E-state index < -0.39 is 24.3 Å².